The fourth-order valence-electron chi connectivity index (χ4n) is 2.21. The van der Waals surface area contributed by atoms with Crippen LogP contribution in [0.2, 0.25) is 0 Å². The molecule has 0 bridgehead atoms. The molecule has 0 aromatic heterocycles. The molecule has 1 N–H and O–H groups in total. The zero-order valence-corrected chi connectivity index (χ0v) is 10.2. The second kappa shape index (κ2) is 5.46. The number of hydrogen-bond donors (Lipinski definition) is 1. The molecular weight excluding hydrogens is 198 g/mol. The topological polar surface area (TPSA) is 21.3 Å². The predicted octanol–water partition coefficient (Wildman–Crippen LogP) is 3.52. The average molecular weight is 219 g/mol. The Labute approximate surface area is 98.0 Å². The number of nitrogens with one attached hydrogen (secondary N) is 1. The van der Waals surface area contributed by atoms with E-state index in [1.165, 1.54) is 36.8 Å². The Morgan fingerprint density at radius 1 is 1.31 bits per heavy atom. The molecule has 2 heteroatoms. The van der Waals surface area contributed by atoms with Crippen LogP contribution in [-0.4, -0.2) is 6.10 Å². The van der Waals surface area contributed by atoms with Gasteiger partial charge in [-0.25, -0.2) is 0 Å². The summed E-state index contributed by atoms with van der Waals surface area (Å²) in [5.74, 6) is 0. The summed E-state index contributed by atoms with van der Waals surface area (Å²) >= 11 is 0. The molecular formula is C14H21NO. The molecule has 1 aromatic carbocycles. The summed E-state index contributed by atoms with van der Waals surface area (Å²) < 4.78 is 0. The molecule has 0 aliphatic heterocycles. The van der Waals surface area contributed by atoms with Gasteiger partial charge >= 0.3 is 0 Å². The van der Waals surface area contributed by atoms with Crippen molar-refractivity contribution in [2.24, 2.45) is 0 Å². The Morgan fingerprint density at radius 3 is 2.75 bits per heavy atom. The van der Waals surface area contributed by atoms with Crippen LogP contribution in [0.25, 0.3) is 0 Å². The molecule has 1 aliphatic rings. The highest BCUT2D eigenvalue weighted by atomic mass is 16.7. The third-order valence-electron chi connectivity index (χ3n) is 3.26. The zero-order valence-electron chi connectivity index (χ0n) is 10.2. The smallest absolute Gasteiger partial charge is 0.0790 e. The normalized spacial score (nSPS) is 18.9. The summed E-state index contributed by atoms with van der Waals surface area (Å²) in [5, 5.41) is 0. The standard InChI is InChI=1S/C14H21NO/c1-11-6-5-7-13(10-11)12(2)15-16-14-8-3-4-9-14/h5-7,10,12,14-15H,3-4,8-9H2,1-2H3. The van der Waals surface area contributed by atoms with Crippen molar-refractivity contribution in [3.05, 3.63) is 35.4 Å². The quantitative estimate of drug-likeness (QED) is 0.782. The lowest BCUT2D eigenvalue weighted by Crippen LogP contribution is -2.24. The molecule has 0 heterocycles. The molecule has 0 radical (unpaired) electrons. The Kier molecular flexibility index (Phi) is 3.97. The maximum atomic E-state index is 5.71. The minimum Gasteiger partial charge on any atom is -0.298 e. The van der Waals surface area contributed by atoms with Gasteiger partial charge in [-0.15, -0.1) is 0 Å². The van der Waals surface area contributed by atoms with Gasteiger partial charge in [0.2, 0.25) is 0 Å². The Morgan fingerprint density at radius 2 is 2.06 bits per heavy atom. The first-order valence-electron chi connectivity index (χ1n) is 6.23. The molecule has 1 saturated carbocycles. The van der Waals surface area contributed by atoms with Gasteiger partial charge in [-0.05, 0) is 32.3 Å². The van der Waals surface area contributed by atoms with Gasteiger partial charge in [-0.2, -0.15) is 5.48 Å². The maximum Gasteiger partial charge on any atom is 0.0790 e. The first-order valence-corrected chi connectivity index (χ1v) is 6.23. The fraction of sp³-hybridized carbons (Fsp3) is 0.571. The van der Waals surface area contributed by atoms with Crippen molar-refractivity contribution in [2.45, 2.75) is 51.7 Å². The highest BCUT2D eigenvalue weighted by Crippen LogP contribution is 2.21. The number of hydroxylamine groups is 1. The van der Waals surface area contributed by atoms with Crippen molar-refractivity contribution in [1.82, 2.24) is 5.48 Å². The van der Waals surface area contributed by atoms with Crippen LogP contribution in [0.3, 0.4) is 0 Å². The molecule has 0 saturated heterocycles. The summed E-state index contributed by atoms with van der Waals surface area (Å²) in [6.45, 7) is 4.26. The first-order chi connectivity index (χ1) is 7.75. The molecule has 2 rings (SSSR count). The van der Waals surface area contributed by atoms with Crippen LogP contribution in [0.15, 0.2) is 24.3 Å². The van der Waals surface area contributed by atoms with Gasteiger partial charge in [0.1, 0.15) is 0 Å². The summed E-state index contributed by atoms with van der Waals surface area (Å²) in [4.78, 5) is 5.71. The molecule has 88 valence electrons. The van der Waals surface area contributed by atoms with E-state index in [1.807, 2.05) is 0 Å². The monoisotopic (exact) mass is 219 g/mol. The maximum absolute atomic E-state index is 5.71. The summed E-state index contributed by atoms with van der Waals surface area (Å²) in [6.07, 6.45) is 5.45. The van der Waals surface area contributed by atoms with Gasteiger partial charge in [0, 0.05) is 0 Å². The van der Waals surface area contributed by atoms with E-state index in [0.29, 0.717) is 6.10 Å². The third-order valence-corrected chi connectivity index (χ3v) is 3.26. The fourth-order valence-corrected chi connectivity index (χ4v) is 2.21. The van der Waals surface area contributed by atoms with Gasteiger partial charge in [0.25, 0.3) is 0 Å². The van der Waals surface area contributed by atoms with Crippen molar-refractivity contribution in [1.29, 1.82) is 0 Å². The third kappa shape index (κ3) is 3.06. The Hall–Kier alpha value is -0.860. The molecule has 2 nitrogen and oxygen atoms in total. The number of rotatable bonds is 4. The van der Waals surface area contributed by atoms with E-state index in [9.17, 15) is 0 Å². The lowest BCUT2D eigenvalue weighted by atomic mass is 10.1. The van der Waals surface area contributed by atoms with Crippen molar-refractivity contribution >= 4 is 0 Å². The minimum absolute atomic E-state index is 0.264. The van der Waals surface area contributed by atoms with Gasteiger partial charge in [0.05, 0.1) is 12.1 Å². The molecule has 1 atom stereocenters. The average Bonchev–Trinajstić information content (AvgIpc) is 2.78. The van der Waals surface area contributed by atoms with E-state index in [0.717, 1.165) is 0 Å². The van der Waals surface area contributed by atoms with E-state index in [4.69, 9.17) is 4.84 Å². The number of aryl methyl sites for hydroxylation is 1. The van der Waals surface area contributed by atoms with Crippen molar-refractivity contribution in [3.8, 4) is 0 Å². The molecule has 1 aliphatic carbocycles. The molecule has 0 spiro atoms. The van der Waals surface area contributed by atoms with E-state index in [-0.39, 0.29) is 6.04 Å². The van der Waals surface area contributed by atoms with Crippen LogP contribution in [0.1, 0.15) is 49.8 Å². The van der Waals surface area contributed by atoms with E-state index in [1.54, 1.807) is 0 Å². The summed E-state index contributed by atoms with van der Waals surface area (Å²) in [6, 6.07) is 8.82. The highest BCUT2D eigenvalue weighted by Gasteiger charge is 2.16. The van der Waals surface area contributed by atoms with Crippen molar-refractivity contribution in [2.75, 3.05) is 0 Å². The number of benzene rings is 1. The predicted molar refractivity (Wildman–Crippen MR) is 66.1 cm³/mol. The molecule has 1 unspecified atom stereocenters. The molecule has 1 fully saturated rings. The van der Waals surface area contributed by atoms with E-state index < -0.39 is 0 Å². The Bertz CT molecular complexity index is 331. The summed E-state index contributed by atoms with van der Waals surface area (Å²) in [7, 11) is 0. The van der Waals surface area contributed by atoms with Crippen molar-refractivity contribution < 1.29 is 4.84 Å². The van der Waals surface area contributed by atoms with E-state index in [2.05, 4.69) is 43.6 Å². The van der Waals surface area contributed by atoms with Gasteiger partial charge in [0.15, 0.2) is 0 Å². The van der Waals surface area contributed by atoms with Crippen LogP contribution in [-0.2, 0) is 4.84 Å². The van der Waals surface area contributed by atoms with E-state index >= 15 is 0 Å². The van der Waals surface area contributed by atoms with Crippen LogP contribution < -0.4 is 5.48 Å². The minimum atomic E-state index is 0.264. The van der Waals surface area contributed by atoms with Gasteiger partial charge in [-0.3, -0.25) is 4.84 Å². The van der Waals surface area contributed by atoms with Gasteiger partial charge in [-0.1, -0.05) is 42.7 Å². The lowest BCUT2D eigenvalue weighted by Gasteiger charge is -2.18. The van der Waals surface area contributed by atoms with Crippen LogP contribution in [0, 0.1) is 6.92 Å². The highest BCUT2D eigenvalue weighted by molar-refractivity contribution is 5.24. The molecule has 16 heavy (non-hydrogen) atoms. The van der Waals surface area contributed by atoms with Crippen molar-refractivity contribution in [3.63, 3.8) is 0 Å². The van der Waals surface area contributed by atoms with Crippen LogP contribution in [0.5, 0.6) is 0 Å². The molecule has 1 aromatic rings. The van der Waals surface area contributed by atoms with Crippen LogP contribution in [0.4, 0.5) is 0 Å². The second-order valence-electron chi connectivity index (χ2n) is 4.78. The van der Waals surface area contributed by atoms with Crippen LogP contribution >= 0.6 is 0 Å². The summed E-state index contributed by atoms with van der Waals surface area (Å²) in [5.41, 5.74) is 5.76. The SMILES string of the molecule is Cc1cccc(C(C)NOC2CCCC2)c1. The zero-order chi connectivity index (χ0) is 11.4. The molecule has 0 amide bonds. The Balaban J connectivity index is 1.85. The second-order valence-corrected chi connectivity index (χ2v) is 4.78. The van der Waals surface area contributed by atoms with Gasteiger partial charge < -0.3 is 0 Å². The largest absolute Gasteiger partial charge is 0.298 e. The number of hydrogen-bond acceptors (Lipinski definition) is 2. The lowest BCUT2D eigenvalue weighted by molar-refractivity contribution is -0.0376. The first kappa shape index (κ1) is 11.6.